The van der Waals surface area contributed by atoms with Crippen molar-refractivity contribution in [2.24, 2.45) is 0 Å². The highest BCUT2D eigenvalue weighted by atomic mass is 15.2. The van der Waals surface area contributed by atoms with Gasteiger partial charge < -0.3 is 10.2 Å². The first-order chi connectivity index (χ1) is 6.40. The van der Waals surface area contributed by atoms with Gasteiger partial charge in [0.05, 0.1) is 0 Å². The first kappa shape index (κ1) is 11.0. The summed E-state index contributed by atoms with van der Waals surface area (Å²) < 4.78 is 0. The molecule has 2 rings (SSSR count). The molecule has 1 aliphatic heterocycles. The summed E-state index contributed by atoms with van der Waals surface area (Å²) in [7, 11) is 2.08. The fourth-order valence-electron chi connectivity index (χ4n) is 1.99. The van der Waals surface area contributed by atoms with Crippen LogP contribution in [-0.4, -0.2) is 37.1 Å². The Bertz CT molecular complexity index is 124. The van der Waals surface area contributed by atoms with Crippen LogP contribution in [-0.2, 0) is 0 Å². The fraction of sp³-hybridized carbons (Fsp3) is 1.00. The Morgan fingerprint density at radius 2 is 1.54 bits per heavy atom. The standard InChI is InChI=1S/C9H18N2.C2H6/c1-10-8-4-6-11(7-5-8)9-2-3-9;1-2/h8-10H,2-7H2,1H3;1-2H3. The second kappa shape index (κ2) is 5.61. The van der Waals surface area contributed by atoms with Crippen LogP contribution in [0.1, 0.15) is 39.5 Å². The zero-order chi connectivity index (χ0) is 9.68. The average Bonchev–Trinajstić information content (AvgIpc) is 3.05. The molecule has 2 heteroatoms. The summed E-state index contributed by atoms with van der Waals surface area (Å²) in [4.78, 5) is 2.66. The van der Waals surface area contributed by atoms with E-state index in [0.29, 0.717) is 0 Å². The molecule has 2 nitrogen and oxygen atoms in total. The molecule has 0 aromatic rings. The monoisotopic (exact) mass is 184 g/mol. The van der Waals surface area contributed by atoms with Gasteiger partial charge in [0.2, 0.25) is 0 Å². The molecule has 78 valence electrons. The van der Waals surface area contributed by atoms with Crippen molar-refractivity contribution in [2.45, 2.75) is 51.6 Å². The van der Waals surface area contributed by atoms with E-state index in [1.807, 2.05) is 13.8 Å². The maximum Gasteiger partial charge on any atom is 0.00964 e. The summed E-state index contributed by atoms with van der Waals surface area (Å²) in [5, 5.41) is 3.36. The lowest BCUT2D eigenvalue weighted by Crippen LogP contribution is -2.42. The lowest BCUT2D eigenvalue weighted by molar-refractivity contribution is 0.193. The normalized spacial score (nSPS) is 25.2. The molecule has 1 saturated heterocycles. The zero-order valence-electron chi connectivity index (χ0n) is 9.34. The highest BCUT2D eigenvalue weighted by Crippen LogP contribution is 2.29. The average molecular weight is 184 g/mol. The van der Waals surface area contributed by atoms with Crippen LogP contribution >= 0.6 is 0 Å². The van der Waals surface area contributed by atoms with Gasteiger partial charge in [-0.3, -0.25) is 0 Å². The van der Waals surface area contributed by atoms with Crippen LogP contribution in [0.2, 0.25) is 0 Å². The van der Waals surface area contributed by atoms with E-state index < -0.39 is 0 Å². The lowest BCUT2D eigenvalue weighted by atomic mass is 10.1. The van der Waals surface area contributed by atoms with Gasteiger partial charge in [0.15, 0.2) is 0 Å². The minimum absolute atomic E-state index is 0.796. The minimum atomic E-state index is 0.796. The predicted octanol–water partition coefficient (Wildman–Crippen LogP) is 1.86. The Morgan fingerprint density at radius 1 is 1.00 bits per heavy atom. The highest BCUT2D eigenvalue weighted by molar-refractivity contribution is 4.88. The number of nitrogens with one attached hydrogen (secondary N) is 1. The van der Waals surface area contributed by atoms with Crippen LogP contribution in [0, 0.1) is 0 Å². The number of nitrogens with zero attached hydrogens (tertiary/aromatic N) is 1. The first-order valence-corrected chi connectivity index (χ1v) is 5.81. The number of rotatable bonds is 2. The van der Waals surface area contributed by atoms with Crippen LogP contribution < -0.4 is 5.32 Å². The van der Waals surface area contributed by atoms with Crippen LogP contribution in [0.5, 0.6) is 0 Å². The van der Waals surface area contributed by atoms with E-state index in [2.05, 4.69) is 17.3 Å². The maximum atomic E-state index is 3.36. The van der Waals surface area contributed by atoms with E-state index in [4.69, 9.17) is 0 Å². The van der Waals surface area contributed by atoms with Crippen molar-refractivity contribution < 1.29 is 0 Å². The Balaban J connectivity index is 0.000000396. The Morgan fingerprint density at radius 3 is 1.92 bits per heavy atom. The molecule has 0 bridgehead atoms. The smallest absolute Gasteiger partial charge is 0.00964 e. The summed E-state index contributed by atoms with van der Waals surface area (Å²) in [6.45, 7) is 6.66. The molecule has 2 aliphatic rings. The van der Waals surface area contributed by atoms with Gasteiger partial charge in [0, 0.05) is 12.1 Å². The highest BCUT2D eigenvalue weighted by Gasteiger charge is 2.31. The molecule has 0 aromatic heterocycles. The summed E-state index contributed by atoms with van der Waals surface area (Å²) >= 11 is 0. The van der Waals surface area contributed by atoms with Gasteiger partial charge in [-0.05, 0) is 45.8 Å². The Kier molecular flexibility index (Phi) is 4.74. The van der Waals surface area contributed by atoms with E-state index >= 15 is 0 Å². The predicted molar refractivity (Wildman–Crippen MR) is 58.0 cm³/mol. The van der Waals surface area contributed by atoms with Gasteiger partial charge in [0.25, 0.3) is 0 Å². The molecule has 0 aromatic carbocycles. The van der Waals surface area contributed by atoms with Gasteiger partial charge in [-0.25, -0.2) is 0 Å². The van der Waals surface area contributed by atoms with Crippen molar-refractivity contribution in [1.29, 1.82) is 0 Å². The lowest BCUT2D eigenvalue weighted by Gasteiger charge is -2.31. The molecule has 1 aliphatic carbocycles. The molecule has 0 amide bonds. The molecule has 1 heterocycles. The van der Waals surface area contributed by atoms with Gasteiger partial charge in [0.1, 0.15) is 0 Å². The van der Waals surface area contributed by atoms with E-state index in [0.717, 1.165) is 12.1 Å². The van der Waals surface area contributed by atoms with Crippen molar-refractivity contribution in [1.82, 2.24) is 10.2 Å². The molecule has 0 atom stereocenters. The summed E-state index contributed by atoms with van der Waals surface area (Å²) in [6.07, 6.45) is 5.63. The second-order valence-electron chi connectivity index (χ2n) is 3.83. The minimum Gasteiger partial charge on any atom is -0.317 e. The fourth-order valence-corrected chi connectivity index (χ4v) is 1.99. The molecule has 13 heavy (non-hydrogen) atoms. The van der Waals surface area contributed by atoms with Crippen molar-refractivity contribution in [3.63, 3.8) is 0 Å². The first-order valence-electron chi connectivity index (χ1n) is 5.81. The SMILES string of the molecule is CC.CNC1CCN(C2CC2)CC1. The summed E-state index contributed by atoms with van der Waals surface area (Å²) in [5.41, 5.74) is 0. The third-order valence-electron chi connectivity index (χ3n) is 3.00. The van der Waals surface area contributed by atoms with Gasteiger partial charge in [-0.15, -0.1) is 0 Å². The number of likely N-dealkylation sites (tertiary alicyclic amines) is 1. The van der Waals surface area contributed by atoms with Crippen molar-refractivity contribution in [2.75, 3.05) is 20.1 Å². The van der Waals surface area contributed by atoms with Gasteiger partial charge >= 0.3 is 0 Å². The molecule has 1 N–H and O–H groups in total. The molecule has 0 radical (unpaired) electrons. The van der Waals surface area contributed by atoms with Crippen LogP contribution in [0.4, 0.5) is 0 Å². The number of hydrogen-bond donors (Lipinski definition) is 1. The third-order valence-corrected chi connectivity index (χ3v) is 3.00. The third kappa shape index (κ3) is 3.28. The molecule has 2 fully saturated rings. The molecular formula is C11H24N2. The van der Waals surface area contributed by atoms with Crippen molar-refractivity contribution >= 4 is 0 Å². The van der Waals surface area contributed by atoms with E-state index in [9.17, 15) is 0 Å². The van der Waals surface area contributed by atoms with Gasteiger partial charge in [-0.2, -0.15) is 0 Å². The van der Waals surface area contributed by atoms with Crippen LogP contribution in [0.15, 0.2) is 0 Å². The summed E-state index contributed by atoms with van der Waals surface area (Å²) in [5.74, 6) is 0. The second-order valence-corrected chi connectivity index (χ2v) is 3.83. The zero-order valence-corrected chi connectivity index (χ0v) is 9.34. The quantitative estimate of drug-likeness (QED) is 0.704. The van der Waals surface area contributed by atoms with Crippen molar-refractivity contribution in [3.8, 4) is 0 Å². The molecule has 1 saturated carbocycles. The topological polar surface area (TPSA) is 15.3 Å². The maximum absolute atomic E-state index is 3.36. The van der Waals surface area contributed by atoms with E-state index in [1.165, 1.54) is 38.8 Å². The largest absolute Gasteiger partial charge is 0.317 e. The van der Waals surface area contributed by atoms with Crippen molar-refractivity contribution in [3.05, 3.63) is 0 Å². The van der Waals surface area contributed by atoms with E-state index in [1.54, 1.807) is 0 Å². The van der Waals surface area contributed by atoms with Gasteiger partial charge in [-0.1, -0.05) is 13.8 Å². The molecular weight excluding hydrogens is 160 g/mol. The summed E-state index contributed by atoms with van der Waals surface area (Å²) in [6, 6.07) is 1.78. The molecule has 0 spiro atoms. The Labute approximate surface area is 82.7 Å². The van der Waals surface area contributed by atoms with E-state index in [-0.39, 0.29) is 0 Å². The Hall–Kier alpha value is -0.0800. The number of piperidine rings is 1. The van der Waals surface area contributed by atoms with Crippen LogP contribution in [0.25, 0.3) is 0 Å². The van der Waals surface area contributed by atoms with Crippen LogP contribution in [0.3, 0.4) is 0 Å². The number of hydrogen-bond acceptors (Lipinski definition) is 2. The molecule has 0 unspecified atom stereocenters.